The van der Waals surface area contributed by atoms with Gasteiger partial charge in [0, 0.05) is 0 Å². The van der Waals surface area contributed by atoms with Gasteiger partial charge in [0.05, 0.1) is 22.9 Å². The minimum atomic E-state index is -0.426. The SMILES string of the molecule is COc1ccc(O)c(C(=O)Nc2nc3ccccc3s2)c1. The molecule has 5 nitrogen and oxygen atoms in total. The molecule has 0 fully saturated rings. The highest BCUT2D eigenvalue weighted by Gasteiger charge is 2.14. The van der Waals surface area contributed by atoms with Crippen molar-refractivity contribution in [1.82, 2.24) is 4.98 Å². The Morgan fingerprint density at radius 1 is 1.29 bits per heavy atom. The zero-order valence-electron chi connectivity index (χ0n) is 11.2. The highest BCUT2D eigenvalue weighted by molar-refractivity contribution is 7.22. The number of aromatic hydroxyl groups is 1. The summed E-state index contributed by atoms with van der Waals surface area (Å²) in [6.45, 7) is 0. The number of nitrogens with zero attached hydrogens (tertiary/aromatic N) is 1. The van der Waals surface area contributed by atoms with E-state index in [0.29, 0.717) is 10.9 Å². The fraction of sp³-hybridized carbons (Fsp3) is 0.0667. The molecule has 1 heterocycles. The van der Waals surface area contributed by atoms with E-state index in [0.717, 1.165) is 10.2 Å². The van der Waals surface area contributed by atoms with Crippen LogP contribution in [-0.2, 0) is 0 Å². The zero-order chi connectivity index (χ0) is 14.8. The first-order chi connectivity index (χ1) is 10.2. The number of fused-ring (bicyclic) bond motifs is 1. The van der Waals surface area contributed by atoms with E-state index in [2.05, 4.69) is 10.3 Å². The van der Waals surface area contributed by atoms with E-state index in [4.69, 9.17) is 4.74 Å². The van der Waals surface area contributed by atoms with Gasteiger partial charge < -0.3 is 9.84 Å². The number of thiazole rings is 1. The van der Waals surface area contributed by atoms with E-state index in [1.165, 1.54) is 30.6 Å². The summed E-state index contributed by atoms with van der Waals surface area (Å²) >= 11 is 1.38. The monoisotopic (exact) mass is 300 g/mol. The molecule has 0 spiro atoms. The topological polar surface area (TPSA) is 71.5 Å². The Balaban J connectivity index is 1.89. The molecular weight excluding hydrogens is 288 g/mol. The number of methoxy groups -OCH3 is 1. The number of hydrogen-bond donors (Lipinski definition) is 2. The van der Waals surface area contributed by atoms with Crippen LogP contribution in [0.5, 0.6) is 11.5 Å². The van der Waals surface area contributed by atoms with Crippen LogP contribution >= 0.6 is 11.3 Å². The number of anilines is 1. The minimum Gasteiger partial charge on any atom is -0.507 e. The molecule has 0 saturated heterocycles. The van der Waals surface area contributed by atoms with Gasteiger partial charge in [-0.05, 0) is 30.3 Å². The van der Waals surface area contributed by atoms with Crippen LogP contribution in [0.15, 0.2) is 42.5 Å². The van der Waals surface area contributed by atoms with E-state index in [1.54, 1.807) is 6.07 Å². The maximum Gasteiger partial charge on any atom is 0.261 e. The molecule has 6 heteroatoms. The average molecular weight is 300 g/mol. The normalized spacial score (nSPS) is 10.5. The maximum atomic E-state index is 12.2. The summed E-state index contributed by atoms with van der Waals surface area (Å²) in [5.74, 6) is -0.0258. The third-order valence-electron chi connectivity index (χ3n) is 2.96. The van der Waals surface area contributed by atoms with E-state index in [-0.39, 0.29) is 11.3 Å². The maximum absolute atomic E-state index is 12.2. The summed E-state index contributed by atoms with van der Waals surface area (Å²) in [6.07, 6.45) is 0. The number of para-hydroxylation sites is 1. The van der Waals surface area contributed by atoms with E-state index in [1.807, 2.05) is 24.3 Å². The summed E-state index contributed by atoms with van der Waals surface area (Å²) in [5, 5.41) is 13.0. The number of phenolic OH excluding ortho intramolecular Hbond substituents is 1. The van der Waals surface area contributed by atoms with E-state index in [9.17, 15) is 9.90 Å². The molecule has 0 aliphatic rings. The van der Waals surface area contributed by atoms with Gasteiger partial charge in [-0.15, -0.1) is 0 Å². The summed E-state index contributed by atoms with van der Waals surface area (Å²) in [5.41, 5.74) is 0.973. The number of carbonyl (C=O) groups excluding carboxylic acids is 1. The van der Waals surface area contributed by atoms with Crippen LogP contribution in [-0.4, -0.2) is 23.1 Å². The molecule has 3 aromatic rings. The van der Waals surface area contributed by atoms with Gasteiger partial charge in [0.25, 0.3) is 5.91 Å². The van der Waals surface area contributed by atoms with Crippen LogP contribution in [0.4, 0.5) is 5.13 Å². The second-order valence-electron chi connectivity index (χ2n) is 4.32. The molecule has 0 aliphatic carbocycles. The van der Waals surface area contributed by atoms with Crippen LogP contribution in [0.2, 0.25) is 0 Å². The number of benzene rings is 2. The molecule has 21 heavy (non-hydrogen) atoms. The lowest BCUT2D eigenvalue weighted by molar-refractivity contribution is 0.102. The molecular formula is C15H12N2O3S. The van der Waals surface area contributed by atoms with Gasteiger partial charge in [-0.2, -0.15) is 0 Å². The van der Waals surface area contributed by atoms with Crippen LogP contribution in [0, 0.1) is 0 Å². The Morgan fingerprint density at radius 3 is 2.86 bits per heavy atom. The van der Waals surface area contributed by atoms with Crippen molar-refractivity contribution >= 4 is 32.6 Å². The van der Waals surface area contributed by atoms with Crippen LogP contribution in [0.1, 0.15) is 10.4 Å². The van der Waals surface area contributed by atoms with Gasteiger partial charge in [0.15, 0.2) is 5.13 Å². The smallest absolute Gasteiger partial charge is 0.261 e. The number of amides is 1. The minimum absolute atomic E-state index is 0.102. The number of aromatic nitrogens is 1. The number of ether oxygens (including phenoxy) is 1. The third-order valence-corrected chi connectivity index (χ3v) is 3.91. The van der Waals surface area contributed by atoms with E-state index >= 15 is 0 Å². The summed E-state index contributed by atoms with van der Waals surface area (Å²) in [6, 6.07) is 12.1. The number of carbonyl (C=O) groups is 1. The second-order valence-corrected chi connectivity index (χ2v) is 5.35. The van der Waals surface area contributed by atoms with Gasteiger partial charge in [-0.25, -0.2) is 4.98 Å². The van der Waals surface area contributed by atoms with Gasteiger partial charge in [-0.3, -0.25) is 10.1 Å². The van der Waals surface area contributed by atoms with Gasteiger partial charge >= 0.3 is 0 Å². The first-order valence-corrected chi connectivity index (χ1v) is 7.03. The Morgan fingerprint density at radius 2 is 2.10 bits per heavy atom. The largest absolute Gasteiger partial charge is 0.507 e. The van der Waals surface area contributed by atoms with E-state index < -0.39 is 5.91 Å². The van der Waals surface area contributed by atoms with Crippen molar-refractivity contribution in [3.63, 3.8) is 0 Å². The Hall–Kier alpha value is -2.60. The van der Waals surface area contributed by atoms with Crippen LogP contribution in [0.25, 0.3) is 10.2 Å². The molecule has 2 aromatic carbocycles. The highest BCUT2D eigenvalue weighted by atomic mass is 32.1. The average Bonchev–Trinajstić information content (AvgIpc) is 2.89. The quantitative estimate of drug-likeness (QED) is 0.779. The number of hydrogen-bond acceptors (Lipinski definition) is 5. The predicted octanol–water partition coefficient (Wildman–Crippen LogP) is 3.26. The number of phenols is 1. The van der Waals surface area contributed by atoms with Crippen molar-refractivity contribution in [2.75, 3.05) is 12.4 Å². The van der Waals surface area contributed by atoms with Gasteiger partial charge in [0.2, 0.25) is 0 Å². The van der Waals surface area contributed by atoms with Crippen LogP contribution in [0.3, 0.4) is 0 Å². The molecule has 0 atom stereocenters. The standard InChI is InChI=1S/C15H12N2O3S/c1-20-9-6-7-12(18)10(8-9)14(19)17-15-16-11-4-2-3-5-13(11)21-15/h2-8,18H,1H3,(H,16,17,19). The predicted molar refractivity (Wildman–Crippen MR) is 82.2 cm³/mol. The first-order valence-electron chi connectivity index (χ1n) is 6.21. The molecule has 2 N–H and O–H groups in total. The lowest BCUT2D eigenvalue weighted by Crippen LogP contribution is -2.12. The molecule has 1 amide bonds. The molecule has 0 aliphatic heterocycles. The fourth-order valence-electron chi connectivity index (χ4n) is 1.91. The number of rotatable bonds is 3. The summed E-state index contributed by atoms with van der Waals surface area (Å²) in [4.78, 5) is 16.5. The second kappa shape index (κ2) is 5.41. The third kappa shape index (κ3) is 2.66. The van der Waals surface area contributed by atoms with Crippen molar-refractivity contribution in [1.29, 1.82) is 0 Å². The number of nitrogens with one attached hydrogen (secondary N) is 1. The fourth-order valence-corrected chi connectivity index (χ4v) is 2.78. The first kappa shape index (κ1) is 13.4. The highest BCUT2D eigenvalue weighted by Crippen LogP contribution is 2.28. The molecule has 0 radical (unpaired) electrons. The van der Waals surface area contributed by atoms with Gasteiger partial charge in [-0.1, -0.05) is 23.5 Å². The zero-order valence-corrected chi connectivity index (χ0v) is 12.0. The molecule has 0 saturated carbocycles. The lowest BCUT2D eigenvalue weighted by Gasteiger charge is -2.06. The molecule has 1 aromatic heterocycles. The summed E-state index contributed by atoms with van der Waals surface area (Å²) in [7, 11) is 1.50. The summed E-state index contributed by atoms with van der Waals surface area (Å²) < 4.78 is 6.04. The molecule has 0 unspecified atom stereocenters. The molecule has 0 bridgehead atoms. The van der Waals surface area contributed by atoms with Crippen LogP contribution < -0.4 is 10.1 Å². The van der Waals surface area contributed by atoms with Gasteiger partial charge in [0.1, 0.15) is 11.5 Å². The van der Waals surface area contributed by atoms with Crippen molar-refractivity contribution in [3.05, 3.63) is 48.0 Å². The molecule has 3 rings (SSSR count). The van der Waals surface area contributed by atoms with Crippen molar-refractivity contribution in [3.8, 4) is 11.5 Å². The van der Waals surface area contributed by atoms with Crippen molar-refractivity contribution < 1.29 is 14.6 Å². The van der Waals surface area contributed by atoms with Crippen molar-refractivity contribution in [2.24, 2.45) is 0 Å². The van der Waals surface area contributed by atoms with Crippen molar-refractivity contribution in [2.45, 2.75) is 0 Å². The molecule has 106 valence electrons. The lowest BCUT2D eigenvalue weighted by atomic mass is 10.2. The Bertz CT molecular complexity index is 781. The Kier molecular flexibility index (Phi) is 3.45. The Labute approximate surface area is 124 Å².